The molecule has 2 aromatic heterocycles. The third-order valence-corrected chi connectivity index (χ3v) is 3.28. The van der Waals surface area contributed by atoms with Gasteiger partial charge in [0.25, 0.3) is 0 Å². The molecule has 0 spiro atoms. The molecular weight excluding hydrogens is 266 g/mol. The van der Waals surface area contributed by atoms with Crippen molar-refractivity contribution >= 4 is 5.69 Å². The molecule has 0 saturated heterocycles. The van der Waals surface area contributed by atoms with Gasteiger partial charge >= 0.3 is 0 Å². The highest BCUT2D eigenvalue weighted by atomic mass is 16.4. The van der Waals surface area contributed by atoms with E-state index in [1.165, 1.54) is 12.0 Å². The van der Waals surface area contributed by atoms with Crippen molar-refractivity contribution in [2.24, 2.45) is 7.05 Å². The summed E-state index contributed by atoms with van der Waals surface area (Å²) in [7, 11) is 1.94. The highest BCUT2D eigenvalue weighted by molar-refractivity contribution is 5.60. The molecule has 0 aliphatic heterocycles. The first kappa shape index (κ1) is 13.4. The van der Waals surface area contributed by atoms with Gasteiger partial charge in [-0.3, -0.25) is 4.68 Å². The quantitative estimate of drug-likeness (QED) is 0.779. The van der Waals surface area contributed by atoms with Crippen molar-refractivity contribution < 1.29 is 4.42 Å². The fourth-order valence-corrected chi connectivity index (χ4v) is 2.29. The lowest BCUT2D eigenvalue weighted by atomic mass is 10.2. The molecule has 0 saturated carbocycles. The Hall–Kier alpha value is -2.63. The van der Waals surface area contributed by atoms with Crippen LogP contribution in [-0.2, 0) is 20.0 Å². The lowest BCUT2D eigenvalue weighted by molar-refractivity contribution is 0.568. The van der Waals surface area contributed by atoms with E-state index in [1.807, 2.05) is 42.2 Å². The maximum absolute atomic E-state index is 5.21. The van der Waals surface area contributed by atoms with Crippen molar-refractivity contribution in [1.82, 2.24) is 20.0 Å². The Morgan fingerprint density at radius 1 is 1.33 bits per heavy atom. The van der Waals surface area contributed by atoms with Crippen LogP contribution in [0.1, 0.15) is 18.2 Å². The van der Waals surface area contributed by atoms with Crippen LogP contribution in [0.3, 0.4) is 0 Å². The molecule has 0 aliphatic rings. The summed E-state index contributed by atoms with van der Waals surface area (Å²) >= 11 is 0. The predicted molar refractivity (Wildman–Crippen MR) is 79.6 cm³/mol. The van der Waals surface area contributed by atoms with Crippen molar-refractivity contribution in [3.8, 4) is 11.5 Å². The molecule has 3 aromatic rings. The summed E-state index contributed by atoms with van der Waals surface area (Å²) in [4.78, 5) is 0. The minimum atomic E-state index is 0.522. The van der Waals surface area contributed by atoms with E-state index in [2.05, 4.69) is 27.5 Å². The van der Waals surface area contributed by atoms with E-state index >= 15 is 0 Å². The standard InChI is InChI=1S/C15H17N5O/c1-3-14-12(9-20(2)19-14)8-16-13-6-4-5-11(7-13)15-18-17-10-21-15/h4-7,9-10,16H,3,8H2,1-2H3. The van der Waals surface area contributed by atoms with E-state index in [4.69, 9.17) is 4.42 Å². The third kappa shape index (κ3) is 2.94. The first-order valence-electron chi connectivity index (χ1n) is 6.88. The number of hydrogen-bond donors (Lipinski definition) is 1. The van der Waals surface area contributed by atoms with Gasteiger partial charge in [-0.1, -0.05) is 13.0 Å². The maximum atomic E-state index is 5.21. The molecule has 6 nitrogen and oxygen atoms in total. The van der Waals surface area contributed by atoms with Gasteiger partial charge in [0.1, 0.15) is 0 Å². The van der Waals surface area contributed by atoms with Crippen LogP contribution >= 0.6 is 0 Å². The number of nitrogens with zero attached hydrogens (tertiary/aromatic N) is 4. The number of hydrogen-bond acceptors (Lipinski definition) is 5. The van der Waals surface area contributed by atoms with E-state index in [-0.39, 0.29) is 0 Å². The zero-order valence-electron chi connectivity index (χ0n) is 12.1. The molecule has 1 aromatic carbocycles. The van der Waals surface area contributed by atoms with Crippen LogP contribution in [0.5, 0.6) is 0 Å². The van der Waals surface area contributed by atoms with Gasteiger partial charge in [0, 0.05) is 36.6 Å². The second-order valence-electron chi connectivity index (χ2n) is 4.81. The van der Waals surface area contributed by atoms with Gasteiger partial charge in [-0.15, -0.1) is 10.2 Å². The molecule has 21 heavy (non-hydrogen) atoms. The maximum Gasteiger partial charge on any atom is 0.247 e. The van der Waals surface area contributed by atoms with Crippen LogP contribution < -0.4 is 5.32 Å². The van der Waals surface area contributed by atoms with Crippen molar-refractivity contribution in [1.29, 1.82) is 0 Å². The van der Waals surface area contributed by atoms with Crippen LogP contribution in [0.2, 0.25) is 0 Å². The van der Waals surface area contributed by atoms with Crippen molar-refractivity contribution in [3.63, 3.8) is 0 Å². The average Bonchev–Trinajstić information content (AvgIpc) is 3.14. The fraction of sp³-hybridized carbons (Fsp3) is 0.267. The molecule has 2 heterocycles. The van der Waals surface area contributed by atoms with Crippen LogP contribution in [0, 0.1) is 0 Å². The third-order valence-electron chi connectivity index (χ3n) is 3.28. The van der Waals surface area contributed by atoms with Gasteiger partial charge in [-0.2, -0.15) is 5.10 Å². The van der Waals surface area contributed by atoms with Gasteiger partial charge < -0.3 is 9.73 Å². The van der Waals surface area contributed by atoms with E-state index in [0.29, 0.717) is 5.89 Å². The lowest BCUT2D eigenvalue weighted by Gasteiger charge is -2.07. The Balaban J connectivity index is 1.75. The van der Waals surface area contributed by atoms with E-state index < -0.39 is 0 Å². The minimum Gasteiger partial charge on any atom is -0.423 e. The summed E-state index contributed by atoms with van der Waals surface area (Å²) in [5, 5.41) is 15.5. The first-order valence-corrected chi connectivity index (χ1v) is 6.88. The zero-order chi connectivity index (χ0) is 14.7. The van der Waals surface area contributed by atoms with Crippen LogP contribution in [-0.4, -0.2) is 20.0 Å². The highest BCUT2D eigenvalue weighted by Gasteiger charge is 2.07. The summed E-state index contributed by atoms with van der Waals surface area (Å²) in [6.07, 6.45) is 4.31. The number of aromatic nitrogens is 4. The van der Waals surface area contributed by atoms with Crippen LogP contribution in [0.4, 0.5) is 5.69 Å². The van der Waals surface area contributed by atoms with E-state index in [1.54, 1.807) is 0 Å². The predicted octanol–water partition coefficient (Wildman–Crippen LogP) is 2.64. The molecule has 0 unspecified atom stereocenters. The largest absolute Gasteiger partial charge is 0.423 e. The highest BCUT2D eigenvalue weighted by Crippen LogP contribution is 2.21. The molecule has 1 N–H and O–H groups in total. The SMILES string of the molecule is CCc1nn(C)cc1CNc1cccc(-c2nnco2)c1. The number of rotatable bonds is 5. The second-order valence-corrected chi connectivity index (χ2v) is 4.81. The van der Waals surface area contributed by atoms with Gasteiger partial charge in [0.2, 0.25) is 12.3 Å². The Bertz CT molecular complexity index is 718. The molecule has 0 bridgehead atoms. The van der Waals surface area contributed by atoms with Gasteiger partial charge in [0.05, 0.1) is 5.69 Å². The Kier molecular flexibility index (Phi) is 3.68. The Morgan fingerprint density at radius 2 is 2.24 bits per heavy atom. The molecule has 108 valence electrons. The summed E-state index contributed by atoms with van der Waals surface area (Å²) in [5.41, 5.74) is 4.25. The lowest BCUT2D eigenvalue weighted by Crippen LogP contribution is -2.01. The molecule has 0 aliphatic carbocycles. The van der Waals surface area contributed by atoms with Crippen molar-refractivity contribution in [3.05, 3.63) is 48.1 Å². The van der Waals surface area contributed by atoms with E-state index in [0.717, 1.165) is 29.9 Å². The van der Waals surface area contributed by atoms with Crippen LogP contribution in [0.15, 0.2) is 41.3 Å². The summed E-state index contributed by atoms with van der Waals surface area (Å²) in [5.74, 6) is 0.522. The summed E-state index contributed by atoms with van der Waals surface area (Å²) in [6.45, 7) is 2.85. The molecule has 6 heteroatoms. The van der Waals surface area contributed by atoms with Crippen molar-refractivity contribution in [2.75, 3.05) is 5.32 Å². The Labute approximate surface area is 122 Å². The zero-order valence-corrected chi connectivity index (χ0v) is 12.1. The van der Waals surface area contributed by atoms with Gasteiger partial charge in [0.15, 0.2) is 0 Å². The second kappa shape index (κ2) is 5.78. The number of nitrogens with one attached hydrogen (secondary N) is 1. The molecule has 0 fully saturated rings. The molecule has 0 radical (unpaired) electrons. The number of anilines is 1. The summed E-state index contributed by atoms with van der Waals surface area (Å²) < 4.78 is 7.07. The number of aryl methyl sites for hydroxylation is 2. The molecule has 0 atom stereocenters. The topological polar surface area (TPSA) is 68.8 Å². The van der Waals surface area contributed by atoms with Gasteiger partial charge in [-0.05, 0) is 24.6 Å². The van der Waals surface area contributed by atoms with Crippen LogP contribution in [0.25, 0.3) is 11.5 Å². The molecule has 0 amide bonds. The normalized spacial score (nSPS) is 10.8. The smallest absolute Gasteiger partial charge is 0.247 e. The molecule has 3 rings (SSSR count). The van der Waals surface area contributed by atoms with Crippen molar-refractivity contribution in [2.45, 2.75) is 19.9 Å². The monoisotopic (exact) mass is 283 g/mol. The Morgan fingerprint density at radius 3 is 3.00 bits per heavy atom. The first-order chi connectivity index (χ1) is 10.3. The number of benzene rings is 1. The van der Waals surface area contributed by atoms with Gasteiger partial charge in [-0.25, -0.2) is 0 Å². The molecular formula is C15H17N5O. The minimum absolute atomic E-state index is 0.522. The summed E-state index contributed by atoms with van der Waals surface area (Å²) in [6, 6.07) is 7.92. The average molecular weight is 283 g/mol. The van der Waals surface area contributed by atoms with E-state index in [9.17, 15) is 0 Å². The fourth-order valence-electron chi connectivity index (χ4n) is 2.29.